The van der Waals surface area contributed by atoms with Crippen molar-refractivity contribution in [3.8, 4) is 5.75 Å². The van der Waals surface area contributed by atoms with E-state index in [0.29, 0.717) is 35.9 Å². The lowest BCUT2D eigenvalue weighted by atomic mass is 10.2. The first-order valence-corrected chi connectivity index (χ1v) is 10.8. The van der Waals surface area contributed by atoms with E-state index in [-0.39, 0.29) is 5.91 Å². The summed E-state index contributed by atoms with van der Waals surface area (Å²) in [5.41, 5.74) is 2.78. The van der Waals surface area contributed by atoms with Gasteiger partial charge < -0.3 is 14.0 Å². The van der Waals surface area contributed by atoms with Gasteiger partial charge in [0.2, 0.25) is 0 Å². The van der Waals surface area contributed by atoms with Crippen molar-refractivity contribution in [2.24, 2.45) is 4.99 Å². The summed E-state index contributed by atoms with van der Waals surface area (Å²) in [6, 6.07) is 13.5. The molecular formula is C23H28N2O3S. The summed E-state index contributed by atoms with van der Waals surface area (Å²) in [7, 11) is 1.67. The second-order valence-corrected chi connectivity index (χ2v) is 8.01. The number of amides is 1. The van der Waals surface area contributed by atoms with Crippen LogP contribution in [-0.4, -0.2) is 30.8 Å². The predicted octanol–water partition coefficient (Wildman–Crippen LogP) is 4.97. The molecule has 0 aliphatic rings. The second-order valence-electron chi connectivity index (χ2n) is 7.00. The van der Waals surface area contributed by atoms with Crippen LogP contribution in [0.2, 0.25) is 0 Å². The van der Waals surface area contributed by atoms with Gasteiger partial charge in [0.05, 0.1) is 23.4 Å². The summed E-state index contributed by atoms with van der Waals surface area (Å²) >= 11 is 1.52. The number of unbranched alkanes of at least 4 members (excludes halogenated alkanes) is 2. The molecule has 154 valence electrons. The maximum atomic E-state index is 12.9. The Morgan fingerprint density at radius 2 is 2.00 bits per heavy atom. The number of thiazole rings is 1. The number of methoxy groups -OCH3 is 1. The quantitative estimate of drug-likeness (QED) is 0.466. The Balaban J connectivity index is 1.89. The summed E-state index contributed by atoms with van der Waals surface area (Å²) in [5.74, 6) is 0.444. The second kappa shape index (κ2) is 10.4. The maximum absolute atomic E-state index is 12.9. The van der Waals surface area contributed by atoms with Gasteiger partial charge in [0, 0.05) is 19.2 Å². The van der Waals surface area contributed by atoms with E-state index in [1.54, 1.807) is 19.2 Å². The molecule has 1 aromatic heterocycles. The van der Waals surface area contributed by atoms with Crippen LogP contribution in [0.4, 0.5) is 0 Å². The number of benzene rings is 2. The van der Waals surface area contributed by atoms with Crippen LogP contribution in [0.3, 0.4) is 0 Å². The van der Waals surface area contributed by atoms with Crippen LogP contribution in [0.1, 0.15) is 42.1 Å². The zero-order chi connectivity index (χ0) is 20.6. The molecule has 1 heterocycles. The number of rotatable bonds is 9. The number of fused-ring (bicyclic) bond motifs is 1. The fourth-order valence-corrected chi connectivity index (χ4v) is 4.23. The van der Waals surface area contributed by atoms with Crippen molar-refractivity contribution >= 4 is 27.5 Å². The molecule has 6 heteroatoms. The van der Waals surface area contributed by atoms with Crippen LogP contribution in [0.15, 0.2) is 47.5 Å². The van der Waals surface area contributed by atoms with Crippen LogP contribution in [-0.2, 0) is 11.3 Å². The molecule has 0 spiro atoms. The smallest absolute Gasteiger partial charge is 0.279 e. The van der Waals surface area contributed by atoms with E-state index >= 15 is 0 Å². The zero-order valence-electron chi connectivity index (χ0n) is 17.3. The Morgan fingerprint density at radius 3 is 2.79 bits per heavy atom. The van der Waals surface area contributed by atoms with E-state index in [1.165, 1.54) is 16.9 Å². The van der Waals surface area contributed by atoms with Gasteiger partial charge in [-0.2, -0.15) is 4.99 Å². The van der Waals surface area contributed by atoms with Gasteiger partial charge in [-0.15, -0.1) is 0 Å². The molecule has 1 amide bonds. The summed E-state index contributed by atoms with van der Waals surface area (Å²) in [4.78, 5) is 18.0. The van der Waals surface area contributed by atoms with Crippen LogP contribution < -0.4 is 9.54 Å². The third-order valence-electron chi connectivity index (χ3n) is 4.65. The zero-order valence-corrected chi connectivity index (χ0v) is 18.1. The lowest BCUT2D eigenvalue weighted by Crippen LogP contribution is -2.19. The Labute approximate surface area is 175 Å². The van der Waals surface area contributed by atoms with Crippen molar-refractivity contribution in [3.05, 3.63) is 58.4 Å². The molecular weight excluding hydrogens is 384 g/mol. The minimum atomic E-state index is -0.265. The first-order valence-electron chi connectivity index (χ1n) is 10.0. The number of aromatic nitrogens is 1. The Morgan fingerprint density at radius 1 is 1.14 bits per heavy atom. The first-order chi connectivity index (χ1) is 14.1. The number of aryl methyl sites for hydroxylation is 1. The van der Waals surface area contributed by atoms with E-state index in [9.17, 15) is 4.79 Å². The summed E-state index contributed by atoms with van der Waals surface area (Å²) in [6.45, 7) is 6.09. The highest BCUT2D eigenvalue weighted by atomic mass is 32.1. The summed E-state index contributed by atoms with van der Waals surface area (Å²) in [6.07, 6.45) is 3.30. The molecule has 0 atom stereocenters. The minimum absolute atomic E-state index is 0.265. The van der Waals surface area contributed by atoms with E-state index in [1.807, 2.05) is 16.7 Å². The Bertz CT molecular complexity index is 1040. The lowest BCUT2D eigenvalue weighted by Gasteiger charge is -2.06. The molecule has 0 N–H and O–H groups in total. The number of hydrogen-bond donors (Lipinski definition) is 0. The number of carbonyl (C=O) groups is 1. The van der Waals surface area contributed by atoms with E-state index in [0.717, 1.165) is 29.5 Å². The van der Waals surface area contributed by atoms with Gasteiger partial charge in [-0.1, -0.05) is 43.2 Å². The average molecular weight is 413 g/mol. The molecule has 0 unspecified atom stereocenters. The molecule has 29 heavy (non-hydrogen) atoms. The molecule has 0 fully saturated rings. The van der Waals surface area contributed by atoms with Crippen molar-refractivity contribution in [2.45, 2.75) is 39.7 Å². The number of hydrogen-bond acceptors (Lipinski definition) is 4. The molecule has 2 aromatic carbocycles. The highest BCUT2D eigenvalue weighted by molar-refractivity contribution is 7.16. The van der Waals surface area contributed by atoms with Crippen molar-refractivity contribution in [1.29, 1.82) is 0 Å². The van der Waals surface area contributed by atoms with Crippen molar-refractivity contribution in [2.75, 3.05) is 20.3 Å². The molecule has 5 nitrogen and oxygen atoms in total. The number of nitrogens with zero attached hydrogens (tertiary/aromatic N) is 2. The van der Waals surface area contributed by atoms with Gasteiger partial charge in [-0.3, -0.25) is 4.79 Å². The monoisotopic (exact) mass is 412 g/mol. The van der Waals surface area contributed by atoms with Gasteiger partial charge in [0.1, 0.15) is 5.75 Å². The molecule has 3 rings (SSSR count). The molecule has 0 saturated carbocycles. The fourth-order valence-electron chi connectivity index (χ4n) is 3.08. The molecule has 0 bridgehead atoms. The third kappa shape index (κ3) is 5.55. The van der Waals surface area contributed by atoms with E-state index in [2.05, 4.69) is 37.0 Å². The molecule has 3 aromatic rings. The fraction of sp³-hybridized carbons (Fsp3) is 0.391. The van der Waals surface area contributed by atoms with E-state index < -0.39 is 0 Å². The van der Waals surface area contributed by atoms with Gasteiger partial charge in [0.25, 0.3) is 5.91 Å². The first kappa shape index (κ1) is 21.3. The SMILES string of the molecule is CCCCCOc1cccc(C(=O)N=c2sc3cc(C)ccc3n2CCOC)c1. The third-order valence-corrected chi connectivity index (χ3v) is 5.69. The van der Waals surface area contributed by atoms with Crippen LogP contribution in [0, 0.1) is 6.92 Å². The summed E-state index contributed by atoms with van der Waals surface area (Å²) < 4.78 is 14.2. The molecule has 0 aliphatic heterocycles. The number of ether oxygens (including phenoxy) is 2. The molecule has 0 aliphatic carbocycles. The standard InChI is InChI=1S/C23H28N2O3S/c1-4-5-6-13-28-19-9-7-8-18(16-19)22(26)24-23-25(12-14-27-3)20-11-10-17(2)15-21(20)29-23/h7-11,15-16H,4-6,12-14H2,1-3H3. The van der Waals surface area contributed by atoms with Crippen molar-refractivity contribution < 1.29 is 14.3 Å². The van der Waals surface area contributed by atoms with Gasteiger partial charge in [-0.05, 0) is 49.2 Å². The van der Waals surface area contributed by atoms with Gasteiger partial charge >= 0.3 is 0 Å². The largest absolute Gasteiger partial charge is 0.494 e. The van der Waals surface area contributed by atoms with Crippen molar-refractivity contribution in [3.63, 3.8) is 0 Å². The Kier molecular flexibility index (Phi) is 7.61. The highest BCUT2D eigenvalue weighted by Gasteiger charge is 2.10. The predicted molar refractivity (Wildman–Crippen MR) is 118 cm³/mol. The lowest BCUT2D eigenvalue weighted by molar-refractivity contribution is 0.0997. The molecule has 0 radical (unpaired) electrons. The highest BCUT2D eigenvalue weighted by Crippen LogP contribution is 2.20. The van der Waals surface area contributed by atoms with Crippen LogP contribution in [0.5, 0.6) is 5.75 Å². The topological polar surface area (TPSA) is 52.8 Å². The Hall–Kier alpha value is -2.44. The van der Waals surface area contributed by atoms with Gasteiger partial charge in [0.15, 0.2) is 4.80 Å². The minimum Gasteiger partial charge on any atom is -0.494 e. The van der Waals surface area contributed by atoms with Gasteiger partial charge in [-0.25, -0.2) is 0 Å². The van der Waals surface area contributed by atoms with Crippen LogP contribution in [0.25, 0.3) is 10.2 Å². The maximum Gasteiger partial charge on any atom is 0.279 e. The van der Waals surface area contributed by atoms with E-state index in [4.69, 9.17) is 9.47 Å². The average Bonchev–Trinajstić information content (AvgIpc) is 3.05. The molecule has 0 saturated heterocycles. The van der Waals surface area contributed by atoms with Crippen LogP contribution >= 0.6 is 11.3 Å². The van der Waals surface area contributed by atoms with Crippen molar-refractivity contribution in [1.82, 2.24) is 4.57 Å². The summed E-state index contributed by atoms with van der Waals surface area (Å²) in [5, 5.41) is 0. The normalized spacial score (nSPS) is 11.9. The number of carbonyl (C=O) groups excluding carboxylic acids is 1.